The third-order valence-corrected chi connectivity index (χ3v) is 4.20. The Hall–Kier alpha value is -2.28. The van der Waals surface area contributed by atoms with Gasteiger partial charge in [-0.3, -0.25) is 9.69 Å². The quantitative estimate of drug-likeness (QED) is 0.868. The lowest BCUT2D eigenvalue weighted by molar-refractivity contribution is -0.118. The number of carbonyl (C=O) groups is 2. The molecule has 1 aromatic carbocycles. The van der Waals surface area contributed by atoms with Gasteiger partial charge in [0.2, 0.25) is 0 Å². The molecule has 0 radical (unpaired) electrons. The van der Waals surface area contributed by atoms with Crippen molar-refractivity contribution in [2.75, 3.05) is 43.4 Å². The van der Waals surface area contributed by atoms with Crippen LogP contribution in [0.5, 0.6) is 5.75 Å². The SMILES string of the molecule is CC(C)N1CCN(C(=O)Nc2ccc3c(c2)OCC(=O)N3)CC1. The van der Waals surface area contributed by atoms with E-state index >= 15 is 0 Å². The summed E-state index contributed by atoms with van der Waals surface area (Å²) in [4.78, 5) is 27.8. The maximum absolute atomic E-state index is 12.3. The number of urea groups is 1. The molecule has 1 fully saturated rings. The molecule has 0 spiro atoms. The summed E-state index contributed by atoms with van der Waals surface area (Å²) in [6.45, 7) is 7.57. The highest BCUT2D eigenvalue weighted by molar-refractivity contribution is 5.96. The summed E-state index contributed by atoms with van der Waals surface area (Å²) in [6.07, 6.45) is 0. The summed E-state index contributed by atoms with van der Waals surface area (Å²) in [7, 11) is 0. The Kier molecular flexibility index (Phi) is 4.38. The molecule has 0 unspecified atom stereocenters. The first-order valence-corrected chi connectivity index (χ1v) is 7.89. The summed E-state index contributed by atoms with van der Waals surface area (Å²) < 4.78 is 5.36. The van der Waals surface area contributed by atoms with Crippen LogP contribution in [-0.4, -0.2) is 60.6 Å². The molecule has 0 aromatic heterocycles. The largest absolute Gasteiger partial charge is 0.482 e. The predicted octanol–water partition coefficient (Wildman–Crippen LogP) is 1.58. The second kappa shape index (κ2) is 6.45. The van der Waals surface area contributed by atoms with E-state index in [9.17, 15) is 9.59 Å². The van der Waals surface area contributed by atoms with Gasteiger partial charge in [0.15, 0.2) is 6.61 Å². The second-order valence-corrected chi connectivity index (χ2v) is 6.09. The minimum atomic E-state index is -0.169. The molecule has 2 N–H and O–H groups in total. The van der Waals surface area contributed by atoms with Crippen molar-refractivity contribution in [1.82, 2.24) is 9.80 Å². The van der Waals surface area contributed by atoms with Crippen LogP contribution in [0.4, 0.5) is 16.2 Å². The number of fused-ring (bicyclic) bond motifs is 1. The number of nitrogens with zero attached hydrogens (tertiary/aromatic N) is 2. The molecular weight excluding hydrogens is 296 g/mol. The van der Waals surface area contributed by atoms with Crippen molar-refractivity contribution >= 4 is 23.3 Å². The monoisotopic (exact) mass is 318 g/mol. The Bertz CT molecular complexity index is 609. The first-order chi connectivity index (χ1) is 11.0. The fraction of sp³-hybridized carbons (Fsp3) is 0.500. The second-order valence-electron chi connectivity index (χ2n) is 6.09. The number of hydrogen-bond donors (Lipinski definition) is 2. The Morgan fingerprint density at radius 1 is 1.26 bits per heavy atom. The number of piperazine rings is 1. The number of carbonyl (C=O) groups excluding carboxylic acids is 2. The number of hydrogen-bond acceptors (Lipinski definition) is 4. The molecule has 0 bridgehead atoms. The summed E-state index contributed by atoms with van der Waals surface area (Å²) in [6, 6.07) is 5.63. The smallest absolute Gasteiger partial charge is 0.321 e. The van der Waals surface area contributed by atoms with Crippen LogP contribution in [0.25, 0.3) is 0 Å². The third-order valence-electron chi connectivity index (χ3n) is 4.20. The van der Waals surface area contributed by atoms with E-state index in [0.29, 0.717) is 23.2 Å². The van der Waals surface area contributed by atoms with Gasteiger partial charge in [0.25, 0.3) is 5.91 Å². The van der Waals surface area contributed by atoms with Crippen molar-refractivity contribution in [1.29, 1.82) is 0 Å². The zero-order valence-electron chi connectivity index (χ0n) is 13.5. The number of benzene rings is 1. The van der Waals surface area contributed by atoms with Crippen molar-refractivity contribution in [3.8, 4) is 5.75 Å². The van der Waals surface area contributed by atoms with Gasteiger partial charge in [-0.05, 0) is 26.0 Å². The van der Waals surface area contributed by atoms with Crippen molar-refractivity contribution in [2.45, 2.75) is 19.9 Å². The first-order valence-electron chi connectivity index (χ1n) is 7.89. The number of nitrogens with one attached hydrogen (secondary N) is 2. The van der Waals surface area contributed by atoms with Crippen LogP contribution in [0.1, 0.15) is 13.8 Å². The van der Waals surface area contributed by atoms with Crippen LogP contribution in [0, 0.1) is 0 Å². The minimum absolute atomic E-state index is 0.00155. The maximum atomic E-state index is 12.3. The molecule has 1 aromatic rings. The average molecular weight is 318 g/mol. The number of amides is 3. The van der Waals surface area contributed by atoms with E-state index < -0.39 is 0 Å². The summed E-state index contributed by atoms with van der Waals surface area (Å²) in [5.41, 5.74) is 1.29. The van der Waals surface area contributed by atoms with E-state index in [1.807, 2.05) is 4.90 Å². The standard InChI is InChI=1S/C16H22N4O3/c1-11(2)19-5-7-20(8-6-19)16(22)17-12-3-4-13-14(9-12)23-10-15(21)18-13/h3-4,9,11H,5-8,10H2,1-2H3,(H,17,22)(H,18,21). The number of ether oxygens (including phenoxy) is 1. The first kappa shape index (κ1) is 15.6. The lowest BCUT2D eigenvalue weighted by Crippen LogP contribution is -2.51. The van der Waals surface area contributed by atoms with Gasteiger partial charge in [0.05, 0.1) is 5.69 Å². The van der Waals surface area contributed by atoms with Crippen molar-refractivity contribution in [2.24, 2.45) is 0 Å². The lowest BCUT2D eigenvalue weighted by Gasteiger charge is -2.36. The molecule has 3 rings (SSSR count). The minimum Gasteiger partial charge on any atom is -0.482 e. The molecule has 7 nitrogen and oxygen atoms in total. The Morgan fingerprint density at radius 3 is 2.70 bits per heavy atom. The summed E-state index contributed by atoms with van der Waals surface area (Å²) in [5, 5.41) is 5.62. The van der Waals surface area contributed by atoms with Gasteiger partial charge in [-0.1, -0.05) is 0 Å². The topological polar surface area (TPSA) is 73.9 Å². The van der Waals surface area contributed by atoms with E-state index in [0.717, 1.165) is 26.2 Å². The van der Waals surface area contributed by atoms with Crippen LogP contribution >= 0.6 is 0 Å². The molecule has 2 aliphatic rings. The van der Waals surface area contributed by atoms with E-state index in [-0.39, 0.29) is 18.5 Å². The molecule has 23 heavy (non-hydrogen) atoms. The van der Waals surface area contributed by atoms with Gasteiger partial charge in [0.1, 0.15) is 5.75 Å². The zero-order chi connectivity index (χ0) is 16.4. The normalized spacial score (nSPS) is 18.2. The van der Waals surface area contributed by atoms with Crippen LogP contribution in [-0.2, 0) is 4.79 Å². The fourth-order valence-electron chi connectivity index (χ4n) is 2.80. The Morgan fingerprint density at radius 2 is 2.00 bits per heavy atom. The lowest BCUT2D eigenvalue weighted by atomic mass is 10.2. The molecule has 2 heterocycles. The molecule has 0 atom stereocenters. The predicted molar refractivity (Wildman–Crippen MR) is 87.9 cm³/mol. The van der Waals surface area contributed by atoms with E-state index in [2.05, 4.69) is 29.4 Å². The molecule has 0 aliphatic carbocycles. The molecule has 124 valence electrons. The highest BCUT2D eigenvalue weighted by Crippen LogP contribution is 2.30. The van der Waals surface area contributed by atoms with Crippen molar-refractivity contribution in [3.05, 3.63) is 18.2 Å². The fourth-order valence-corrected chi connectivity index (χ4v) is 2.80. The maximum Gasteiger partial charge on any atom is 0.321 e. The van der Waals surface area contributed by atoms with Crippen LogP contribution in [0.15, 0.2) is 18.2 Å². The third kappa shape index (κ3) is 3.56. The number of anilines is 2. The molecule has 7 heteroatoms. The summed E-state index contributed by atoms with van der Waals surface area (Å²) in [5.74, 6) is 0.407. The van der Waals surface area contributed by atoms with Gasteiger partial charge >= 0.3 is 6.03 Å². The highest BCUT2D eigenvalue weighted by Gasteiger charge is 2.23. The molecule has 1 saturated heterocycles. The van der Waals surface area contributed by atoms with Gasteiger partial charge < -0.3 is 20.3 Å². The van der Waals surface area contributed by atoms with Crippen LogP contribution in [0.2, 0.25) is 0 Å². The van der Waals surface area contributed by atoms with E-state index in [4.69, 9.17) is 4.74 Å². The van der Waals surface area contributed by atoms with Crippen molar-refractivity contribution < 1.29 is 14.3 Å². The molecule has 3 amide bonds. The highest BCUT2D eigenvalue weighted by atomic mass is 16.5. The molecule has 0 saturated carbocycles. The zero-order valence-corrected chi connectivity index (χ0v) is 13.5. The Balaban J connectivity index is 1.59. The average Bonchev–Trinajstić information content (AvgIpc) is 2.55. The van der Waals surface area contributed by atoms with Gasteiger partial charge in [-0.2, -0.15) is 0 Å². The van der Waals surface area contributed by atoms with E-state index in [1.165, 1.54) is 0 Å². The van der Waals surface area contributed by atoms with Crippen LogP contribution < -0.4 is 15.4 Å². The van der Waals surface area contributed by atoms with E-state index in [1.54, 1.807) is 18.2 Å². The Labute approximate surface area is 135 Å². The van der Waals surface area contributed by atoms with Gasteiger partial charge in [0, 0.05) is 44.0 Å². The molecular formula is C16H22N4O3. The summed E-state index contributed by atoms with van der Waals surface area (Å²) >= 11 is 0. The number of rotatable bonds is 2. The van der Waals surface area contributed by atoms with Gasteiger partial charge in [-0.15, -0.1) is 0 Å². The van der Waals surface area contributed by atoms with Gasteiger partial charge in [-0.25, -0.2) is 4.79 Å². The van der Waals surface area contributed by atoms with Crippen LogP contribution in [0.3, 0.4) is 0 Å². The van der Waals surface area contributed by atoms with Crippen molar-refractivity contribution in [3.63, 3.8) is 0 Å². The molecule has 2 aliphatic heterocycles.